The Hall–Kier alpha value is -2.84. The number of ether oxygens (including phenoxy) is 2. The van der Waals surface area contributed by atoms with Crippen LogP contribution in [0, 0.1) is 0 Å². The second kappa shape index (κ2) is 11.4. The average Bonchev–Trinajstić information content (AvgIpc) is 2.72. The zero-order valence-corrected chi connectivity index (χ0v) is 17.6. The van der Waals surface area contributed by atoms with E-state index in [-0.39, 0.29) is 34.7 Å². The second-order valence-electron chi connectivity index (χ2n) is 5.67. The Balaban J connectivity index is 2.21. The molecule has 0 aromatic heterocycles. The van der Waals surface area contributed by atoms with Crippen LogP contribution in [-0.2, 0) is 16.2 Å². The van der Waals surface area contributed by atoms with E-state index < -0.39 is 12.0 Å². The molecule has 2 aromatic rings. The van der Waals surface area contributed by atoms with E-state index >= 15 is 0 Å². The first-order valence-corrected chi connectivity index (χ1v) is 9.30. The van der Waals surface area contributed by atoms with E-state index in [2.05, 4.69) is 10.5 Å². The standard InChI is InChI=1S/C20H18Cl2F2N2O4/c1-25-20(27)18(26-28-2)14-6-4-3-5-12(14)11-30-13-9-15(21)19(16(22)10-13)29-8-7-17(23)24/h3-7,9-10H,8,11H2,1-2H3,(H,25,27). The molecular formula is C20H18Cl2F2N2O4. The highest BCUT2D eigenvalue weighted by Crippen LogP contribution is 2.37. The van der Waals surface area contributed by atoms with Crippen LogP contribution < -0.4 is 14.8 Å². The number of amides is 1. The third-order valence-electron chi connectivity index (χ3n) is 3.73. The fraction of sp³-hybridized carbons (Fsp3) is 0.200. The summed E-state index contributed by atoms with van der Waals surface area (Å²) in [7, 11) is 2.82. The Kier molecular flexibility index (Phi) is 8.89. The number of halogens is 4. The first-order chi connectivity index (χ1) is 14.4. The second-order valence-corrected chi connectivity index (χ2v) is 6.48. The SMILES string of the molecule is CNC(=O)C(=NOC)c1ccccc1COc1cc(Cl)c(OCC=C(F)F)c(Cl)c1. The zero-order valence-electron chi connectivity index (χ0n) is 16.0. The Morgan fingerprint density at radius 3 is 2.43 bits per heavy atom. The monoisotopic (exact) mass is 458 g/mol. The molecule has 2 rings (SSSR count). The topological polar surface area (TPSA) is 69.2 Å². The van der Waals surface area contributed by atoms with Crippen LogP contribution in [-0.4, -0.2) is 32.4 Å². The normalized spacial score (nSPS) is 10.9. The van der Waals surface area contributed by atoms with E-state index in [1.165, 1.54) is 26.3 Å². The van der Waals surface area contributed by atoms with Gasteiger partial charge in [0.1, 0.15) is 26.1 Å². The van der Waals surface area contributed by atoms with Crippen molar-refractivity contribution in [2.75, 3.05) is 20.8 Å². The lowest BCUT2D eigenvalue weighted by Gasteiger charge is -2.14. The third-order valence-corrected chi connectivity index (χ3v) is 4.29. The summed E-state index contributed by atoms with van der Waals surface area (Å²) in [5, 5.41) is 6.50. The van der Waals surface area contributed by atoms with Crippen molar-refractivity contribution in [3.63, 3.8) is 0 Å². The number of hydrogen-bond donors (Lipinski definition) is 1. The lowest BCUT2D eigenvalue weighted by Crippen LogP contribution is -2.29. The van der Waals surface area contributed by atoms with Crippen LogP contribution in [0.5, 0.6) is 11.5 Å². The number of hydrogen-bond acceptors (Lipinski definition) is 5. The van der Waals surface area contributed by atoms with Crippen molar-refractivity contribution in [3.8, 4) is 11.5 Å². The lowest BCUT2D eigenvalue weighted by molar-refractivity contribution is -0.114. The number of rotatable bonds is 9. The van der Waals surface area contributed by atoms with Crippen LogP contribution in [0.25, 0.3) is 0 Å². The first-order valence-electron chi connectivity index (χ1n) is 8.54. The zero-order chi connectivity index (χ0) is 22.1. The predicted octanol–water partition coefficient (Wildman–Crippen LogP) is 4.83. The van der Waals surface area contributed by atoms with Crippen LogP contribution >= 0.6 is 23.2 Å². The van der Waals surface area contributed by atoms with E-state index in [0.29, 0.717) is 23.0 Å². The molecule has 0 radical (unpaired) electrons. The smallest absolute Gasteiger partial charge is 0.273 e. The molecule has 160 valence electrons. The molecule has 0 atom stereocenters. The van der Waals surface area contributed by atoms with E-state index in [1.807, 2.05) is 0 Å². The molecule has 0 saturated heterocycles. The van der Waals surface area contributed by atoms with E-state index in [0.717, 1.165) is 0 Å². The van der Waals surface area contributed by atoms with Crippen molar-refractivity contribution in [2.24, 2.45) is 5.16 Å². The number of carbonyl (C=O) groups excluding carboxylic acids is 1. The Morgan fingerprint density at radius 1 is 1.17 bits per heavy atom. The summed E-state index contributed by atoms with van der Waals surface area (Å²) in [5.74, 6) is -0.0297. The van der Waals surface area contributed by atoms with E-state index in [1.54, 1.807) is 24.3 Å². The molecule has 0 aliphatic carbocycles. The van der Waals surface area contributed by atoms with Crippen LogP contribution in [0.2, 0.25) is 10.0 Å². The molecule has 30 heavy (non-hydrogen) atoms. The maximum atomic E-state index is 12.1. The quantitative estimate of drug-likeness (QED) is 0.431. The molecule has 6 nitrogen and oxygen atoms in total. The summed E-state index contributed by atoms with van der Waals surface area (Å²) in [4.78, 5) is 16.9. The largest absolute Gasteiger partial charge is 0.489 e. The molecule has 0 saturated carbocycles. The van der Waals surface area contributed by atoms with Gasteiger partial charge < -0.3 is 19.6 Å². The highest BCUT2D eigenvalue weighted by molar-refractivity contribution is 6.45. The third kappa shape index (κ3) is 6.33. The van der Waals surface area contributed by atoms with Gasteiger partial charge in [-0.05, 0) is 5.56 Å². The number of likely N-dealkylation sites (N-methyl/N-ethyl adjacent to an activating group) is 1. The summed E-state index contributed by atoms with van der Waals surface area (Å²) in [6.45, 7) is -0.310. The number of carbonyl (C=O) groups is 1. The first kappa shape index (κ1) is 23.4. The van der Waals surface area contributed by atoms with Gasteiger partial charge in [0.05, 0.1) is 10.0 Å². The summed E-state index contributed by atoms with van der Waals surface area (Å²) in [5.41, 5.74) is 1.27. The van der Waals surface area contributed by atoms with Crippen LogP contribution in [0.3, 0.4) is 0 Å². The Morgan fingerprint density at radius 2 is 1.83 bits per heavy atom. The highest BCUT2D eigenvalue weighted by atomic mass is 35.5. The summed E-state index contributed by atoms with van der Waals surface area (Å²) in [6, 6.07) is 9.90. The van der Waals surface area contributed by atoms with Crippen LogP contribution in [0.15, 0.2) is 53.7 Å². The molecule has 0 heterocycles. The average molecular weight is 459 g/mol. The lowest BCUT2D eigenvalue weighted by atomic mass is 10.0. The van der Waals surface area contributed by atoms with Gasteiger partial charge >= 0.3 is 0 Å². The van der Waals surface area contributed by atoms with E-state index in [4.69, 9.17) is 37.5 Å². The molecule has 0 spiro atoms. The van der Waals surface area contributed by atoms with Gasteiger partial charge in [0.25, 0.3) is 12.0 Å². The molecule has 0 bridgehead atoms. The van der Waals surface area contributed by atoms with Crippen molar-refractivity contribution < 1.29 is 27.9 Å². The minimum absolute atomic E-state index is 0.0673. The van der Waals surface area contributed by atoms with Gasteiger partial charge in [-0.15, -0.1) is 0 Å². The molecule has 0 fully saturated rings. The minimum Gasteiger partial charge on any atom is -0.489 e. The number of nitrogens with one attached hydrogen (secondary N) is 1. The maximum Gasteiger partial charge on any atom is 0.273 e. The van der Waals surface area contributed by atoms with Gasteiger partial charge in [0.15, 0.2) is 11.5 Å². The number of nitrogens with zero attached hydrogens (tertiary/aromatic N) is 1. The summed E-state index contributed by atoms with van der Waals surface area (Å²) >= 11 is 12.3. The highest BCUT2D eigenvalue weighted by Gasteiger charge is 2.18. The molecule has 2 aromatic carbocycles. The maximum absolute atomic E-state index is 12.1. The van der Waals surface area contributed by atoms with Crippen molar-refractivity contribution >= 4 is 34.8 Å². The molecule has 0 aliphatic heterocycles. The molecule has 1 N–H and O–H groups in total. The fourth-order valence-electron chi connectivity index (χ4n) is 2.41. The molecule has 0 unspecified atom stereocenters. The minimum atomic E-state index is -1.87. The molecule has 0 aliphatic rings. The van der Waals surface area contributed by atoms with Crippen molar-refractivity contribution in [1.82, 2.24) is 5.32 Å². The summed E-state index contributed by atoms with van der Waals surface area (Å²) < 4.78 is 35.2. The van der Waals surface area contributed by atoms with Crippen molar-refractivity contribution in [3.05, 3.63) is 69.7 Å². The van der Waals surface area contributed by atoms with E-state index in [9.17, 15) is 13.6 Å². The Labute approximate surface area is 182 Å². The van der Waals surface area contributed by atoms with Crippen molar-refractivity contribution in [2.45, 2.75) is 6.61 Å². The molecule has 10 heteroatoms. The van der Waals surface area contributed by atoms with Gasteiger partial charge in [0, 0.05) is 30.8 Å². The van der Waals surface area contributed by atoms with Crippen LogP contribution in [0.1, 0.15) is 11.1 Å². The molecular weight excluding hydrogens is 441 g/mol. The van der Waals surface area contributed by atoms with Gasteiger partial charge in [-0.1, -0.05) is 52.6 Å². The van der Waals surface area contributed by atoms with Crippen molar-refractivity contribution in [1.29, 1.82) is 0 Å². The van der Waals surface area contributed by atoms with Gasteiger partial charge in [0.2, 0.25) is 0 Å². The Bertz CT molecular complexity index is 941. The van der Waals surface area contributed by atoms with Gasteiger partial charge in [-0.3, -0.25) is 4.79 Å². The summed E-state index contributed by atoms with van der Waals surface area (Å²) in [6.07, 6.45) is -1.27. The van der Waals surface area contributed by atoms with Gasteiger partial charge in [-0.25, -0.2) is 0 Å². The van der Waals surface area contributed by atoms with Gasteiger partial charge in [-0.2, -0.15) is 8.78 Å². The van der Waals surface area contributed by atoms with Crippen LogP contribution in [0.4, 0.5) is 8.78 Å². The fourth-order valence-corrected chi connectivity index (χ4v) is 2.98. The number of oxime groups is 1. The number of benzene rings is 2. The predicted molar refractivity (Wildman–Crippen MR) is 111 cm³/mol. The molecule has 1 amide bonds.